The summed E-state index contributed by atoms with van der Waals surface area (Å²) in [6.07, 6.45) is 0.365. The predicted octanol–water partition coefficient (Wildman–Crippen LogP) is 4.69. The molecule has 0 aliphatic heterocycles. The van der Waals surface area contributed by atoms with Crippen molar-refractivity contribution >= 4 is 27.5 Å². The first-order valence-corrected chi connectivity index (χ1v) is 6.98. The molecule has 100 valence electrons. The largest absolute Gasteiger partial charge is 0.385 e. The Morgan fingerprint density at radius 3 is 2.63 bits per heavy atom. The van der Waals surface area contributed by atoms with Crippen LogP contribution in [-0.4, -0.2) is 5.11 Å². The molecule has 1 unspecified atom stereocenters. The smallest absolute Gasteiger partial charge is 0.141 e. The van der Waals surface area contributed by atoms with Gasteiger partial charge in [0.15, 0.2) is 0 Å². The summed E-state index contributed by atoms with van der Waals surface area (Å²) in [7, 11) is 0. The molecule has 0 heterocycles. The highest BCUT2D eigenvalue weighted by Crippen LogP contribution is 2.28. The molecule has 0 spiro atoms. The van der Waals surface area contributed by atoms with Crippen molar-refractivity contribution in [2.45, 2.75) is 18.9 Å². The second-order valence-electron chi connectivity index (χ2n) is 4.71. The van der Waals surface area contributed by atoms with E-state index < -0.39 is 11.4 Å². The average Bonchev–Trinajstić information content (AvgIpc) is 2.33. The van der Waals surface area contributed by atoms with Crippen molar-refractivity contribution in [3.8, 4) is 0 Å². The van der Waals surface area contributed by atoms with Crippen LogP contribution in [0.4, 0.5) is 4.39 Å². The SMILES string of the molecule is CC(O)(Cc1ccc(F)c(Cl)c1)c1cccc(Br)c1. The molecule has 1 atom stereocenters. The van der Waals surface area contributed by atoms with Gasteiger partial charge in [-0.1, -0.05) is 45.7 Å². The van der Waals surface area contributed by atoms with Gasteiger partial charge in [0.05, 0.1) is 10.6 Å². The summed E-state index contributed by atoms with van der Waals surface area (Å²) in [6, 6.07) is 12.0. The Morgan fingerprint density at radius 2 is 2.00 bits per heavy atom. The van der Waals surface area contributed by atoms with Crippen LogP contribution >= 0.6 is 27.5 Å². The molecular formula is C15H13BrClFO. The van der Waals surface area contributed by atoms with Crippen LogP contribution in [0.3, 0.4) is 0 Å². The van der Waals surface area contributed by atoms with Crippen molar-refractivity contribution in [3.05, 3.63) is 68.9 Å². The lowest BCUT2D eigenvalue weighted by molar-refractivity contribution is 0.0575. The first kappa shape index (κ1) is 14.5. The van der Waals surface area contributed by atoms with Crippen molar-refractivity contribution in [3.63, 3.8) is 0 Å². The lowest BCUT2D eigenvalue weighted by atomic mass is 9.89. The Kier molecular flexibility index (Phi) is 4.29. The Hall–Kier alpha value is -0.900. The van der Waals surface area contributed by atoms with Crippen molar-refractivity contribution < 1.29 is 9.50 Å². The lowest BCUT2D eigenvalue weighted by Gasteiger charge is -2.24. The van der Waals surface area contributed by atoms with Crippen LogP contribution in [0.25, 0.3) is 0 Å². The second kappa shape index (κ2) is 5.61. The van der Waals surface area contributed by atoms with Crippen LogP contribution in [0.2, 0.25) is 5.02 Å². The van der Waals surface area contributed by atoms with E-state index in [4.69, 9.17) is 11.6 Å². The molecule has 2 aromatic rings. The Morgan fingerprint density at radius 1 is 1.26 bits per heavy atom. The molecule has 0 radical (unpaired) electrons. The third kappa shape index (κ3) is 3.56. The standard InChI is InChI=1S/C15H13BrClFO/c1-15(19,11-3-2-4-12(16)8-11)9-10-5-6-14(18)13(17)7-10/h2-8,19H,9H2,1H3. The van der Waals surface area contributed by atoms with Gasteiger partial charge in [-0.25, -0.2) is 4.39 Å². The van der Waals surface area contributed by atoms with Gasteiger partial charge in [0.25, 0.3) is 0 Å². The molecule has 2 rings (SSSR count). The molecule has 0 bridgehead atoms. The molecule has 4 heteroatoms. The van der Waals surface area contributed by atoms with Crippen LogP contribution in [-0.2, 0) is 12.0 Å². The van der Waals surface area contributed by atoms with Gasteiger partial charge in [0.1, 0.15) is 5.82 Å². The zero-order valence-electron chi connectivity index (χ0n) is 10.3. The lowest BCUT2D eigenvalue weighted by Crippen LogP contribution is -2.24. The molecule has 0 saturated carbocycles. The van der Waals surface area contributed by atoms with E-state index in [9.17, 15) is 9.50 Å². The number of hydrogen-bond donors (Lipinski definition) is 1. The Labute approximate surface area is 125 Å². The van der Waals surface area contributed by atoms with Gasteiger partial charge in [-0.15, -0.1) is 0 Å². The van der Waals surface area contributed by atoms with Crippen LogP contribution in [0.1, 0.15) is 18.1 Å². The van der Waals surface area contributed by atoms with E-state index in [1.807, 2.05) is 24.3 Å². The molecule has 0 aromatic heterocycles. The third-order valence-corrected chi connectivity index (χ3v) is 3.76. The molecule has 1 nitrogen and oxygen atoms in total. The highest BCUT2D eigenvalue weighted by atomic mass is 79.9. The fraction of sp³-hybridized carbons (Fsp3) is 0.200. The summed E-state index contributed by atoms with van der Waals surface area (Å²) in [5.74, 6) is -0.451. The van der Waals surface area contributed by atoms with E-state index in [2.05, 4.69) is 15.9 Å². The summed E-state index contributed by atoms with van der Waals surface area (Å²) in [5.41, 5.74) is 0.545. The molecule has 19 heavy (non-hydrogen) atoms. The van der Waals surface area contributed by atoms with E-state index in [1.54, 1.807) is 19.1 Å². The summed E-state index contributed by atoms with van der Waals surface area (Å²) >= 11 is 9.13. The minimum Gasteiger partial charge on any atom is -0.385 e. The summed E-state index contributed by atoms with van der Waals surface area (Å²) in [6.45, 7) is 1.73. The summed E-state index contributed by atoms with van der Waals surface area (Å²) in [5, 5.41) is 10.6. The zero-order chi connectivity index (χ0) is 14.0. The van der Waals surface area contributed by atoms with Gasteiger partial charge >= 0.3 is 0 Å². The van der Waals surface area contributed by atoms with E-state index in [-0.39, 0.29) is 5.02 Å². The molecule has 0 fully saturated rings. The van der Waals surface area contributed by atoms with E-state index in [0.717, 1.165) is 15.6 Å². The third-order valence-electron chi connectivity index (χ3n) is 2.98. The number of rotatable bonds is 3. The maximum Gasteiger partial charge on any atom is 0.141 e. The van der Waals surface area contributed by atoms with E-state index in [0.29, 0.717) is 6.42 Å². The maximum absolute atomic E-state index is 13.1. The average molecular weight is 344 g/mol. The quantitative estimate of drug-likeness (QED) is 0.857. The Bertz CT molecular complexity index is 598. The van der Waals surface area contributed by atoms with E-state index in [1.165, 1.54) is 6.07 Å². The first-order chi connectivity index (χ1) is 8.88. The fourth-order valence-electron chi connectivity index (χ4n) is 1.97. The topological polar surface area (TPSA) is 20.2 Å². The van der Waals surface area contributed by atoms with Crippen molar-refractivity contribution in [1.29, 1.82) is 0 Å². The van der Waals surface area contributed by atoms with Gasteiger partial charge in [0.2, 0.25) is 0 Å². The minimum atomic E-state index is -1.04. The normalized spacial score (nSPS) is 14.2. The first-order valence-electron chi connectivity index (χ1n) is 5.81. The summed E-state index contributed by atoms with van der Waals surface area (Å²) < 4.78 is 14.0. The van der Waals surface area contributed by atoms with Crippen molar-refractivity contribution in [1.82, 2.24) is 0 Å². The number of hydrogen-bond acceptors (Lipinski definition) is 1. The Balaban J connectivity index is 2.27. The van der Waals surface area contributed by atoms with Crippen LogP contribution in [0, 0.1) is 5.82 Å². The molecule has 0 aliphatic rings. The van der Waals surface area contributed by atoms with Gasteiger partial charge in [-0.3, -0.25) is 0 Å². The molecular weight excluding hydrogens is 331 g/mol. The van der Waals surface area contributed by atoms with Crippen molar-refractivity contribution in [2.24, 2.45) is 0 Å². The summed E-state index contributed by atoms with van der Waals surface area (Å²) in [4.78, 5) is 0. The highest BCUT2D eigenvalue weighted by molar-refractivity contribution is 9.10. The fourth-order valence-corrected chi connectivity index (χ4v) is 2.57. The second-order valence-corrected chi connectivity index (χ2v) is 6.03. The number of benzene rings is 2. The molecule has 0 saturated heterocycles. The van der Waals surface area contributed by atoms with E-state index >= 15 is 0 Å². The molecule has 2 aromatic carbocycles. The maximum atomic E-state index is 13.1. The highest BCUT2D eigenvalue weighted by Gasteiger charge is 2.24. The number of halogens is 3. The van der Waals surface area contributed by atoms with Crippen molar-refractivity contribution in [2.75, 3.05) is 0 Å². The minimum absolute atomic E-state index is 0.0718. The van der Waals surface area contributed by atoms with Gasteiger partial charge in [-0.05, 0) is 42.3 Å². The van der Waals surface area contributed by atoms with Crippen LogP contribution in [0.5, 0.6) is 0 Å². The molecule has 1 N–H and O–H groups in total. The van der Waals surface area contributed by atoms with Crippen LogP contribution < -0.4 is 0 Å². The van der Waals surface area contributed by atoms with Gasteiger partial charge in [0, 0.05) is 10.9 Å². The van der Waals surface area contributed by atoms with Gasteiger partial charge < -0.3 is 5.11 Å². The molecule has 0 aliphatic carbocycles. The zero-order valence-corrected chi connectivity index (χ0v) is 12.7. The van der Waals surface area contributed by atoms with Gasteiger partial charge in [-0.2, -0.15) is 0 Å². The van der Waals surface area contributed by atoms with Crippen LogP contribution in [0.15, 0.2) is 46.9 Å². The monoisotopic (exact) mass is 342 g/mol. The predicted molar refractivity (Wildman–Crippen MR) is 78.8 cm³/mol. The number of aliphatic hydroxyl groups is 1. The molecule has 0 amide bonds.